The molecular formula is C54H40. The molecule has 0 nitrogen and oxygen atoms in total. The van der Waals surface area contributed by atoms with E-state index in [0.29, 0.717) is 0 Å². The molecule has 256 valence electrons. The Bertz CT molecular complexity index is 2960. The summed E-state index contributed by atoms with van der Waals surface area (Å²) in [5.41, 5.74) is 18.8. The number of hydrogen-bond acceptors (Lipinski definition) is 0. The summed E-state index contributed by atoms with van der Waals surface area (Å²) in [5.74, 6) is 0. The number of hydrogen-bond donors (Lipinski definition) is 0. The van der Waals surface area contributed by atoms with Gasteiger partial charge in [-0.25, -0.2) is 0 Å². The first-order chi connectivity index (χ1) is 26.3. The Kier molecular flexibility index (Phi) is 6.46. The Morgan fingerprint density at radius 1 is 0.296 bits per heavy atom. The minimum absolute atomic E-state index is 0.0931. The molecule has 54 heavy (non-hydrogen) atoms. The topological polar surface area (TPSA) is 0 Å². The third-order valence-electron chi connectivity index (χ3n) is 12.8. The highest BCUT2D eigenvalue weighted by atomic mass is 14.5. The van der Waals surface area contributed by atoms with Gasteiger partial charge in [0.25, 0.3) is 0 Å². The lowest BCUT2D eigenvalue weighted by atomic mass is 9.75. The molecule has 0 spiro atoms. The molecule has 0 atom stereocenters. The van der Waals surface area contributed by atoms with Crippen molar-refractivity contribution in [2.45, 2.75) is 38.5 Å². The van der Waals surface area contributed by atoms with Crippen LogP contribution in [0.1, 0.15) is 49.9 Å². The molecule has 2 aliphatic carbocycles. The summed E-state index contributed by atoms with van der Waals surface area (Å²) in [4.78, 5) is 0. The average Bonchev–Trinajstić information content (AvgIpc) is 3.59. The second-order valence-corrected chi connectivity index (χ2v) is 16.4. The van der Waals surface area contributed by atoms with E-state index < -0.39 is 0 Å². The van der Waals surface area contributed by atoms with Gasteiger partial charge in [0.1, 0.15) is 0 Å². The Labute approximate surface area is 317 Å². The van der Waals surface area contributed by atoms with Crippen molar-refractivity contribution in [3.05, 3.63) is 192 Å². The Morgan fingerprint density at radius 3 is 1.41 bits per heavy atom. The van der Waals surface area contributed by atoms with Crippen LogP contribution < -0.4 is 0 Å². The normalized spacial score (nSPS) is 14.6. The van der Waals surface area contributed by atoms with Crippen LogP contribution in [0.5, 0.6) is 0 Å². The van der Waals surface area contributed by atoms with Crippen molar-refractivity contribution in [1.82, 2.24) is 0 Å². The minimum atomic E-state index is -0.122. The van der Waals surface area contributed by atoms with E-state index >= 15 is 0 Å². The van der Waals surface area contributed by atoms with Gasteiger partial charge < -0.3 is 0 Å². The maximum Gasteiger partial charge on any atom is 0.0165 e. The highest BCUT2D eigenvalue weighted by Crippen LogP contribution is 2.61. The summed E-state index contributed by atoms with van der Waals surface area (Å²) in [6.45, 7) is 9.67. The molecule has 0 bridgehead atoms. The molecule has 0 saturated heterocycles. The van der Waals surface area contributed by atoms with Crippen LogP contribution in [0.3, 0.4) is 0 Å². The fourth-order valence-electron chi connectivity index (χ4n) is 10.3. The molecule has 0 heterocycles. The monoisotopic (exact) mass is 688 g/mol. The molecule has 9 aromatic carbocycles. The highest BCUT2D eigenvalue weighted by molar-refractivity contribution is 6.23. The Morgan fingerprint density at radius 2 is 0.759 bits per heavy atom. The molecule has 0 aliphatic heterocycles. The van der Waals surface area contributed by atoms with Gasteiger partial charge in [-0.15, -0.1) is 0 Å². The molecule has 0 aromatic heterocycles. The van der Waals surface area contributed by atoms with E-state index in [1.807, 2.05) is 0 Å². The summed E-state index contributed by atoms with van der Waals surface area (Å²) in [7, 11) is 0. The van der Waals surface area contributed by atoms with E-state index in [1.54, 1.807) is 0 Å². The fourth-order valence-corrected chi connectivity index (χ4v) is 10.3. The van der Waals surface area contributed by atoms with Crippen LogP contribution in [0.2, 0.25) is 0 Å². The molecule has 9 aromatic rings. The van der Waals surface area contributed by atoms with Gasteiger partial charge in [-0.3, -0.25) is 0 Å². The molecule has 0 radical (unpaired) electrons. The van der Waals surface area contributed by atoms with Crippen molar-refractivity contribution in [3.63, 3.8) is 0 Å². The minimum Gasteiger partial charge on any atom is -0.0619 e. The van der Waals surface area contributed by atoms with Gasteiger partial charge in [-0.05, 0) is 116 Å². The van der Waals surface area contributed by atoms with E-state index in [-0.39, 0.29) is 10.8 Å². The summed E-state index contributed by atoms with van der Waals surface area (Å²) >= 11 is 0. The zero-order chi connectivity index (χ0) is 36.3. The van der Waals surface area contributed by atoms with Gasteiger partial charge >= 0.3 is 0 Å². The predicted molar refractivity (Wildman–Crippen MR) is 230 cm³/mol. The maximum atomic E-state index is 2.53. The standard InChI is InChI=1S/C54H40/c1-53(2)45-26-13-12-24-43(45)51-47(53)32-44(50-42-23-11-14-27-46(42)54(3,4)52(50)51)34-28-30-35(31-29-34)48-38-19-7-9-21-40(38)49(41-22-10-8-20-39(41)48)37-25-15-17-33-16-5-6-18-36(33)37/h5-32H,1-4H3. The van der Waals surface area contributed by atoms with Gasteiger partial charge in [0.2, 0.25) is 0 Å². The van der Waals surface area contributed by atoms with Crippen molar-refractivity contribution in [3.8, 4) is 55.6 Å². The lowest BCUT2D eigenvalue weighted by Gasteiger charge is -2.27. The van der Waals surface area contributed by atoms with Crippen molar-refractivity contribution < 1.29 is 0 Å². The van der Waals surface area contributed by atoms with Crippen LogP contribution in [0.25, 0.3) is 88.0 Å². The van der Waals surface area contributed by atoms with Crippen LogP contribution in [0, 0.1) is 0 Å². The summed E-state index contributed by atoms with van der Waals surface area (Å²) < 4.78 is 0. The SMILES string of the molecule is CC1(C)c2ccccc2-c2c1cc(-c1ccc(-c3c4ccccc4c(-c4cccc5ccccc45)c4ccccc34)cc1)c1c2C(C)(C)c2ccccc2-1. The maximum absolute atomic E-state index is 2.53. The van der Waals surface area contributed by atoms with E-state index in [1.165, 1.54) is 110 Å². The van der Waals surface area contributed by atoms with E-state index in [9.17, 15) is 0 Å². The zero-order valence-electron chi connectivity index (χ0n) is 31.2. The van der Waals surface area contributed by atoms with E-state index in [4.69, 9.17) is 0 Å². The first kappa shape index (κ1) is 31.3. The Hall–Kier alpha value is -6.24. The van der Waals surface area contributed by atoms with Crippen molar-refractivity contribution >= 4 is 32.3 Å². The van der Waals surface area contributed by atoms with Crippen LogP contribution >= 0.6 is 0 Å². The second-order valence-electron chi connectivity index (χ2n) is 16.4. The lowest BCUT2D eigenvalue weighted by Crippen LogP contribution is -2.18. The third kappa shape index (κ3) is 4.14. The predicted octanol–water partition coefficient (Wildman–Crippen LogP) is 14.8. The smallest absolute Gasteiger partial charge is 0.0165 e. The van der Waals surface area contributed by atoms with Crippen molar-refractivity contribution in [2.24, 2.45) is 0 Å². The number of benzene rings is 9. The Balaban J connectivity index is 1.15. The zero-order valence-corrected chi connectivity index (χ0v) is 31.2. The summed E-state index contributed by atoms with van der Waals surface area (Å²) in [6, 6.07) is 63.7. The molecule has 0 heteroatoms. The molecule has 0 amide bonds. The van der Waals surface area contributed by atoms with Gasteiger partial charge in [-0.2, -0.15) is 0 Å². The molecule has 2 aliphatic rings. The summed E-state index contributed by atoms with van der Waals surface area (Å²) in [6.07, 6.45) is 0. The van der Waals surface area contributed by atoms with Gasteiger partial charge in [0, 0.05) is 10.8 Å². The highest BCUT2D eigenvalue weighted by Gasteiger charge is 2.45. The summed E-state index contributed by atoms with van der Waals surface area (Å²) in [5, 5.41) is 7.66. The second kappa shape index (κ2) is 11.1. The van der Waals surface area contributed by atoms with Gasteiger partial charge in [-0.1, -0.05) is 191 Å². The largest absolute Gasteiger partial charge is 0.0619 e. The van der Waals surface area contributed by atoms with E-state index in [0.717, 1.165) is 0 Å². The molecule has 0 saturated carbocycles. The van der Waals surface area contributed by atoms with Crippen LogP contribution in [0.4, 0.5) is 0 Å². The number of fused-ring (bicyclic) bond motifs is 10. The molecule has 0 fully saturated rings. The van der Waals surface area contributed by atoms with E-state index in [2.05, 4.69) is 198 Å². The molecular weight excluding hydrogens is 649 g/mol. The molecule has 0 N–H and O–H groups in total. The quantitative estimate of drug-likeness (QED) is 0.162. The third-order valence-corrected chi connectivity index (χ3v) is 12.8. The van der Waals surface area contributed by atoms with Crippen molar-refractivity contribution in [2.75, 3.05) is 0 Å². The van der Waals surface area contributed by atoms with Gasteiger partial charge in [0.05, 0.1) is 0 Å². The average molecular weight is 689 g/mol. The number of rotatable bonds is 3. The lowest BCUT2D eigenvalue weighted by molar-refractivity contribution is 0.648. The first-order valence-electron chi connectivity index (χ1n) is 19.3. The van der Waals surface area contributed by atoms with Gasteiger partial charge in [0.15, 0.2) is 0 Å². The fraction of sp³-hybridized carbons (Fsp3) is 0.111. The molecule has 11 rings (SSSR count). The van der Waals surface area contributed by atoms with Crippen LogP contribution in [-0.4, -0.2) is 0 Å². The first-order valence-corrected chi connectivity index (χ1v) is 19.3. The van der Waals surface area contributed by atoms with Crippen LogP contribution in [-0.2, 0) is 10.8 Å². The van der Waals surface area contributed by atoms with Crippen molar-refractivity contribution in [1.29, 1.82) is 0 Å². The van der Waals surface area contributed by atoms with Crippen LogP contribution in [0.15, 0.2) is 170 Å². The molecule has 0 unspecified atom stereocenters.